The predicted octanol–water partition coefficient (Wildman–Crippen LogP) is 3.26. The lowest BCUT2D eigenvalue weighted by Crippen LogP contribution is -2.35. The molecule has 2 unspecified atom stereocenters. The maximum absolute atomic E-state index is 12.2. The van der Waals surface area contributed by atoms with Crippen molar-refractivity contribution in [1.29, 1.82) is 0 Å². The SMILES string of the molecule is CN(C)C(=O)c1ccc(Oc2nc(-c3cccc4[nH]ncc34)nc(C3[C@@H]4CCN3COC4)n2)cc1. The van der Waals surface area contributed by atoms with E-state index in [-0.39, 0.29) is 18.0 Å². The summed E-state index contributed by atoms with van der Waals surface area (Å²) >= 11 is 0. The molecule has 0 spiro atoms. The van der Waals surface area contributed by atoms with Crippen LogP contribution in [0.5, 0.6) is 11.8 Å². The number of aromatic amines is 1. The van der Waals surface area contributed by atoms with Gasteiger partial charge < -0.3 is 14.4 Å². The molecule has 2 aliphatic rings. The van der Waals surface area contributed by atoms with Gasteiger partial charge in [-0.25, -0.2) is 4.98 Å². The summed E-state index contributed by atoms with van der Waals surface area (Å²) in [5.41, 5.74) is 2.34. The van der Waals surface area contributed by atoms with Gasteiger partial charge in [-0.05, 0) is 36.8 Å². The van der Waals surface area contributed by atoms with Crippen LogP contribution in [0.4, 0.5) is 0 Å². The molecule has 2 aliphatic heterocycles. The molecular formula is C25H25N7O3. The van der Waals surface area contributed by atoms with Crippen LogP contribution in [0.2, 0.25) is 0 Å². The Bertz CT molecular complexity index is 1370. The fraction of sp³-hybridized carbons (Fsp3) is 0.320. The third kappa shape index (κ3) is 4.00. The summed E-state index contributed by atoms with van der Waals surface area (Å²) in [6, 6.07) is 13.1. The molecule has 178 valence electrons. The smallest absolute Gasteiger partial charge is 0.325 e. The van der Waals surface area contributed by atoms with Crippen LogP contribution in [0.25, 0.3) is 22.3 Å². The van der Waals surface area contributed by atoms with Gasteiger partial charge in [-0.2, -0.15) is 15.1 Å². The molecule has 4 aromatic rings. The number of nitrogens with zero attached hydrogens (tertiary/aromatic N) is 6. The summed E-state index contributed by atoms with van der Waals surface area (Å²) in [6.07, 6.45) is 2.82. The van der Waals surface area contributed by atoms with E-state index in [1.54, 1.807) is 44.6 Å². The summed E-state index contributed by atoms with van der Waals surface area (Å²) in [4.78, 5) is 30.3. The van der Waals surface area contributed by atoms with Crippen molar-refractivity contribution in [3.8, 4) is 23.1 Å². The summed E-state index contributed by atoms with van der Waals surface area (Å²) in [5, 5.41) is 8.10. The molecule has 10 nitrogen and oxygen atoms in total. The van der Waals surface area contributed by atoms with E-state index in [9.17, 15) is 4.79 Å². The minimum Gasteiger partial charge on any atom is -0.424 e. The number of nitrogens with one attached hydrogen (secondary N) is 1. The van der Waals surface area contributed by atoms with Gasteiger partial charge in [-0.15, -0.1) is 0 Å². The van der Waals surface area contributed by atoms with Crippen molar-refractivity contribution < 1.29 is 14.3 Å². The maximum atomic E-state index is 12.2. The first-order valence-corrected chi connectivity index (χ1v) is 11.6. The number of ether oxygens (including phenoxy) is 2. The van der Waals surface area contributed by atoms with Gasteiger partial charge in [0.1, 0.15) is 5.75 Å². The third-order valence-corrected chi connectivity index (χ3v) is 6.56. The lowest BCUT2D eigenvalue weighted by molar-refractivity contribution is -0.0450. The number of amides is 1. The normalized spacial score (nSPS) is 21.3. The second-order valence-corrected chi connectivity index (χ2v) is 9.07. The van der Waals surface area contributed by atoms with Gasteiger partial charge in [0.05, 0.1) is 31.1 Å². The second-order valence-electron chi connectivity index (χ2n) is 9.07. The number of rotatable bonds is 5. The highest BCUT2D eigenvalue weighted by Crippen LogP contribution is 2.40. The number of H-pyrrole nitrogens is 1. The van der Waals surface area contributed by atoms with Gasteiger partial charge in [0, 0.05) is 43.1 Å². The van der Waals surface area contributed by atoms with Crippen molar-refractivity contribution in [3.05, 3.63) is 60.0 Å². The van der Waals surface area contributed by atoms with E-state index in [2.05, 4.69) is 20.1 Å². The molecule has 6 rings (SSSR count). The molecule has 2 saturated heterocycles. The molecule has 10 heteroatoms. The van der Waals surface area contributed by atoms with E-state index in [0.717, 1.165) is 29.4 Å². The van der Waals surface area contributed by atoms with Gasteiger partial charge in [-0.1, -0.05) is 12.1 Å². The van der Waals surface area contributed by atoms with Gasteiger partial charge in [0.2, 0.25) is 0 Å². The van der Waals surface area contributed by atoms with Crippen molar-refractivity contribution in [2.75, 3.05) is 34.0 Å². The van der Waals surface area contributed by atoms with E-state index >= 15 is 0 Å². The molecule has 4 heterocycles. The number of carbonyl (C=O) groups is 1. The van der Waals surface area contributed by atoms with Gasteiger partial charge >= 0.3 is 6.01 Å². The van der Waals surface area contributed by atoms with Gasteiger partial charge in [-0.3, -0.25) is 14.8 Å². The van der Waals surface area contributed by atoms with Crippen LogP contribution in [0.3, 0.4) is 0 Å². The zero-order valence-electron chi connectivity index (χ0n) is 19.5. The van der Waals surface area contributed by atoms with Crippen molar-refractivity contribution in [2.24, 2.45) is 5.92 Å². The molecule has 2 aromatic carbocycles. The highest BCUT2D eigenvalue weighted by molar-refractivity contribution is 5.94. The Morgan fingerprint density at radius 1 is 1.14 bits per heavy atom. The molecule has 2 aromatic heterocycles. The number of hydrogen-bond donors (Lipinski definition) is 1. The summed E-state index contributed by atoms with van der Waals surface area (Å²) < 4.78 is 11.8. The van der Waals surface area contributed by atoms with E-state index in [1.807, 2.05) is 18.2 Å². The molecule has 0 aliphatic carbocycles. The standard InChI is InChI=1S/C25H25N7O3/c1-31(2)24(33)15-6-8-17(9-7-15)35-25-28-22(18-4-3-5-20-19(18)12-26-30-20)27-23(29-25)21-16-10-11-32(21)14-34-13-16/h3-9,12,16,21H,10-11,13-14H2,1-2H3,(H,26,30)/t16-,21?/m1/s1. The molecule has 0 saturated carbocycles. The van der Waals surface area contributed by atoms with E-state index in [1.165, 1.54) is 4.90 Å². The third-order valence-electron chi connectivity index (χ3n) is 6.56. The summed E-state index contributed by atoms with van der Waals surface area (Å²) in [7, 11) is 3.45. The molecule has 1 N–H and O–H groups in total. The van der Waals surface area contributed by atoms with Gasteiger partial charge in [0.15, 0.2) is 11.6 Å². The Balaban J connectivity index is 1.40. The first-order valence-electron chi connectivity index (χ1n) is 11.6. The quantitative estimate of drug-likeness (QED) is 0.472. The Morgan fingerprint density at radius 2 is 2.00 bits per heavy atom. The Kier molecular flexibility index (Phi) is 5.39. The van der Waals surface area contributed by atoms with Crippen molar-refractivity contribution in [3.63, 3.8) is 0 Å². The predicted molar refractivity (Wildman–Crippen MR) is 128 cm³/mol. The summed E-state index contributed by atoms with van der Waals surface area (Å²) in [6.45, 7) is 2.21. The highest BCUT2D eigenvalue weighted by Gasteiger charge is 2.41. The van der Waals surface area contributed by atoms with Crippen molar-refractivity contribution in [2.45, 2.75) is 12.5 Å². The van der Waals surface area contributed by atoms with Crippen LogP contribution < -0.4 is 4.74 Å². The number of hydrogen-bond acceptors (Lipinski definition) is 8. The number of benzene rings is 2. The zero-order chi connectivity index (χ0) is 23.9. The van der Waals surface area contributed by atoms with E-state index in [4.69, 9.17) is 19.4 Å². The highest BCUT2D eigenvalue weighted by atomic mass is 16.5. The van der Waals surface area contributed by atoms with Crippen LogP contribution >= 0.6 is 0 Å². The molecule has 35 heavy (non-hydrogen) atoms. The van der Waals surface area contributed by atoms with E-state index < -0.39 is 0 Å². The summed E-state index contributed by atoms with van der Waals surface area (Å²) in [5.74, 6) is 2.01. The molecule has 2 bridgehead atoms. The second kappa shape index (κ2) is 8.71. The average Bonchev–Trinajstić information content (AvgIpc) is 3.45. The van der Waals surface area contributed by atoms with Gasteiger partial charge in [0.25, 0.3) is 5.91 Å². The minimum absolute atomic E-state index is 0.0523. The maximum Gasteiger partial charge on any atom is 0.325 e. The first kappa shape index (κ1) is 21.6. The van der Waals surface area contributed by atoms with Crippen LogP contribution in [0.15, 0.2) is 48.7 Å². The molecule has 1 amide bonds. The average molecular weight is 472 g/mol. The van der Waals surface area contributed by atoms with Crippen molar-refractivity contribution >= 4 is 16.8 Å². The number of aromatic nitrogens is 5. The Labute approximate surface area is 201 Å². The monoisotopic (exact) mass is 471 g/mol. The molecular weight excluding hydrogens is 446 g/mol. The van der Waals surface area contributed by atoms with Crippen LogP contribution in [-0.4, -0.2) is 74.8 Å². The first-order chi connectivity index (χ1) is 17.1. The largest absolute Gasteiger partial charge is 0.424 e. The van der Waals surface area contributed by atoms with Crippen LogP contribution in [0, 0.1) is 5.92 Å². The number of carbonyl (C=O) groups excluding carboxylic acids is 1. The van der Waals surface area contributed by atoms with E-state index in [0.29, 0.717) is 42.2 Å². The fourth-order valence-corrected chi connectivity index (χ4v) is 4.80. The minimum atomic E-state index is -0.0708. The topological polar surface area (TPSA) is 109 Å². The molecule has 3 atom stereocenters. The van der Waals surface area contributed by atoms with Crippen molar-refractivity contribution in [1.82, 2.24) is 34.9 Å². The molecule has 0 radical (unpaired) electrons. The molecule has 2 fully saturated rings. The zero-order valence-corrected chi connectivity index (χ0v) is 19.5. The fourth-order valence-electron chi connectivity index (χ4n) is 4.80. The Morgan fingerprint density at radius 3 is 2.80 bits per heavy atom. The van der Waals surface area contributed by atoms with Crippen LogP contribution in [0.1, 0.15) is 28.6 Å². The lowest BCUT2D eigenvalue weighted by Gasteiger charge is -2.31. The number of fused-ring (bicyclic) bond motifs is 3. The van der Waals surface area contributed by atoms with Crippen LogP contribution in [-0.2, 0) is 4.74 Å². The lowest BCUT2D eigenvalue weighted by atomic mass is 10.00. The Hall–Kier alpha value is -3.89.